The van der Waals surface area contributed by atoms with Gasteiger partial charge in [-0.3, -0.25) is 4.98 Å². The van der Waals surface area contributed by atoms with Crippen molar-refractivity contribution >= 4 is 22.7 Å². The zero-order valence-corrected chi connectivity index (χ0v) is 9.34. The maximum Gasteiger partial charge on any atom is 0.0736 e. The van der Waals surface area contributed by atoms with Crippen molar-refractivity contribution in [1.82, 2.24) is 4.98 Å². The molecule has 2 rings (SSSR count). The van der Waals surface area contributed by atoms with Crippen LogP contribution in [0.3, 0.4) is 0 Å². The van der Waals surface area contributed by atoms with Gasteiger partial charge >= 0.3 is 0 Å². The minimum absolute atomic E-state index is 0.687. The van der Waals surface area contributed by atoms with Gasteiger partial charge in [0.15, 0.2) is 0 Å². The van der Waals surface area contributed by atoms with E-state index in [0.29, 0.717) is 5.69 Å². The molecule has 0 unspecified atom stereocenters. The molecule has 4 heteroatoms. The monoisotopic (exact) mass is 219 g/mol. The van der Waals surface area contributed by atoms with E-state index in [1.54, 1.807) is 23.7 Å². The number of thiophene rings is 1. The molecule has 0 saturated heterocycles. The highest BCUT2D eigenvalue weighted by Gasteiger charge is 2.01. The van der Waals surface area contributed by atoms with Gasteiger partial charge in [-0.05, 0) is 30.0 Å². The number of aromatic nitrogens is 1. The lowest BCUT2D eigenvalue weighted by Crippen LogP contribution is -2.02. The van der Waals surface area contributed by atoms with Gasteiger partial charge in [-0.25, -0.2) is 0 Å². The van der Waals surface area contributed by atoms with E-state index in [2.05, 4.69) is 28.7 Å². The summed E-state index contributed by atoms with van der Waals surface area (Å²) in [4.78, 5) is 5.28. The molecule has 2 aromatic heterocycles. The second-order valence-electron chi connectivity index (χ2n) is 3.34. The van der Waals surface area contributed by atoms with Gasteiger partial charge in [-0.15, -0.1) is 11.3 Å². The molecular weight excluding hydrogens is 206 g/mol. The van der Waals surface area contributed by atoms with Crippen LogP contribution in [-0.2, 0) is 6.54 Å². The Kier molecular flexibility index (Phi) is 2.87. The lowest BCUT2D eigenvalue weighted by Gasteiger charge is -2.07. The predicted molar refractivity (Wildman–Crippen MR) is 65.0 cm³/mol. The van der Waals surface area contributed by atoms with Gasteiger partial charge in [0, 0.05) is 17.6 Å². The maximum absolute atomic E-state index is 5.78. The number of anilines is 2. The fraction of sp³-hybridized carbons (Fsp3) is 0.182. The molecule has 2 heterocycles. The second-order valence-corrected chi connectivity index (χ2v) is 4.34. The SMILES string of the molecule is Cc1ccsc1CNc1ccncc1N. The molecule has 0 spiro atoms. The smallest absolute Gasteiger partial charge is 0.0736 e. The average Bonchev–Trinajstić information content (AvgIpc) is 2.63. The molecule has 78 valence electrons. The van der Waals surface area contributed by atoms with Crippen LogP contribution >= 0.6 is 11.3 Å². The molecule has 3 N–H and O–H groups in total. The van der Waals surface area contributed by atoms with Crippen molar-refractivity contribution in [2.75, 3.05) is 11.1 Å². The van der Waals surface area contributed by atoms with Crippen LogP contribution in [0, 0.1) is 6.92 Å². The number of hydrogen-bond acceptors (Lipinski definition) is 4. The average molecular weight is 219 g/mol. The first-order chi connectivity index (χ1) is 7.27. The second kappa shape index (κ2) is 4.31. The third kappa shape index (κ3) is 2.27. The molecule has 0 aromatic carbocycles. The molecule has 0 aliphatic rings. The highest BCUT2D eigenvalue weighted by atomic mass is 32.1. The Hall–Kier alpha value is -1.55. The van der Waals surface area contributed by atoms with Gasteiger partial charge in [0.1, 0.15) is 0 Å². The number of pyridine rings is 1. The summed E-state index contributed by atoms with van der Waals surface area (Å²) in [6.07, 6.45) is 3.39. The quantitative estimate of drug-likeness (QED) is 0.834. The predicted octanol–water partition coefficient (Wildman–Crippen LogP) is 2.65. The van der Waals surface area contributed by atoms with Crippen LogP contribution in [0.15, 0.2) is 29.9 Å². The summed E-state index contributed by atoms with van der Waals surface area (Å²) in [5.74, 6) is 0. The number of nitrogens with two attached hydrogens (primary N) is 1. The van der Waals surface area contributed by atoms with E-state index in [4.69, 9.17) is 5.73 Å². The maximum atomic E-state index is 5.78. The first-order valence-electron chi connectivity index (χ1n) is 4.73. The van der Waals surface area contributed by atoms with E-state index in [-0.39, 0.29) is 0 Å². The fourth-order valence-corrected chi connectivity index (χ4v) is 2.17. The van der Waals surface area contributed by atoms with Crippen LogP contribution in [0.4, 0.5) is 11.4 Å². The van der Waals surface area contributed by atoms with Gasteiger partial charge in [0.05, 0.1) is 17.6 Å². The molecule has 0 radical (unpaired) electrons. The number of nitrogen functional groups attached to an aromatic ring is 1. The lowest BCUT2D eigenvalue weighted by atomic mass is 10.3. The first kappa shape index (κ1) is 9.98. The van der Waals surface area contributed by atoms with E-state index in [9.17, 15) is 0 Å². The summed E-state index contributed by atoms with van der Waals surface area (Å²) < 4.78 is 0. The van der Waals surface area contributed by atoms with Gasteiger partial charge in [-0.2, -0.15) is 0 Å². The van der Waals surface area contributed by atoms with Gasteiger partial charge in [-0.1, -0.05) is 0 Å². The van der Waals surface area contributed by atoms with Crippen molar-refractivity contribution < 1.29 is 0 Å². The molecule has 0 amide bonds. The van der Waals surface area contributed by atoms with Crippen molar-refractivity contribution in [3.05, 3.63) is 40.3 Å². The standard InChI is InChI=1S/C11H13N3S/c1-8-3-5-15-11(8)7-14-10-2-4-13-6-9(10)12/h2-6H,7,12H2,1H3,(H,13,14). The third-order valence-corrected chi connectivity index (χ3v) is 3.28. The van der Waals surface area contributed by atoms with Crippen LogP contribution in [0.2, 0.25) is 0 Å². The van der Waals surface area contributed by atoms with Crippen molar-refractivity contribution in [2.45, 2.75) is 13.5 Å². The summed E-state index contributed by atoms with van der Waals surface area (Å²) in [6, 6.07) is 4.01. The van der Waals surface area contributed by atoms with Crippen LogP contribution in [0.25, 0.3) is 0 Å². The van der Waals surface area contributed by atoms with Crippen LogP contribution in [-0.4, -0.2) is 4.98 Å². The normalized spacial score (nSPS) is 10.2. The number of rotatable bonds is 3. The molecule has 0 aliphatic heterocycles. The van der Waals surface area contributed by atoms with Crippen molar-refractivity contribution in [1.29, 1.82) is 0 Å². The Bertz CT molecular complexity index is 451. The van der Waals surface area contributed by atoms with Crippen molar-refractivity contribution in [3.8, 4) is 0 Å². The molecule has 0 bridgehead atoms. The van der Waals surface area contributed by atoms with Crippen LogP contribution in [0.5, 0.6) is 0 Å². The number of nitrogens with zero attached hydrogens (tertiary/aromatic N) is 1. The largest absolute Gasteiger partial charge is 0.396 e. The zero-order chi connectivity index (χ0) is 10.7. The van der Waals surface area contributed by atoms with Gasteiger partial charge < -0.3 is 11.1 Å². The number of nitrogens with one attached hydrogen (secondary N) is 1. The van der Waals surface area contributed by atoms with Crippen molar-refractivity contribution in [3.63, 3.8) is 0 Å². The molecule has 0 fully saturated rings. The minimum Gasteiger partial charge on any atom is -0.396 e. The first-order valence-corrected chi connectivity index (χ1v) is 5.61. The van der Waals surface area contributed by atoms with Gasteiger partial charge in [0.2, 0.25) is 0 Å². The summed E-state index contributed by atoms with van der Waals surface area (Å²) in [5, 5.41) is 5.40. The van der Waals surface area contributed by atoms with Crippen LogP contribution < -0.4 is 11.1 Å². The molecule has 3 nitrogen and oxygen atoms in total. The highest BCUT2D eigenvalue weighted by Crippen LogP contribution is 2.20. The van der Waals surface area contributed by atoms with E-state index in [0.717, 1.165) is 12.2 Å². The zero-order valence-electron chi connectivity index (χ0n) is 8.53. The summed E-state index contributed by atoms with van der Waals surface area (Å²) in [7, 11) is 0. The Balaban J connectivity index is 2.06. The van der Waals surface area contributed by atoms with Crippen LogP contribution in [0.1, 0.15) is 10.4 Å². The van der Waals surface area contributed by atoms with Gasteiger partial charge in [0.25, 0.3) is 0 Å². The molecular formula is C11H13N3S. The molecule has 2 aromatic rings. The fourth-order valence-electron chi connectivity index (χ4n) is 1.33. The molecule has 0 aliphatic carbocycles. The summed E-state index contributed by atoms with van der Waals surface area (Å²) in [5.41, 5.74) is 8.73. The third-order valence-electron chi connectivity index (χ3n) is 2.26. The Morgan fingerprint density at radius 2 is 2.33 bits per heavy atom. The Labute approximate surface area is 93.0 Å². The van der Waals surface area contributed by atoms with Crippen molar-refractivity contribution in [2.24, 2.45) is 0 Å². The topological polar surface area (TPSA) is 50.9 Å². The minimum atomic E-state index is 0.687. The molecule has 15 heavy (non-hydrogen) atoms. The Morgan fingerprint density at radius 3 is 3.00 bits per heavy atom. The summed E-state index contributed by atoms with van der Waals surface area (Å²) in [6.45, 7) is 2.93. The van der Waals surface area contributed by atoms with E-state index in [1.807, 2.05) is 6.07 Å². The summed E-state index contributed by atoms with van der Waals surface area (Å²) >= 11 is 1.76. The Morgan fingerprint density at radius 1 is 1.47 bits per heavy atom. The van der Waals surface area contributed by atoms with E-state index >= 15 is 0 Å². The molecule has 0 atom stereocenters. The van der Waals surface area contributed by atoms with E-state index in [1.165, 1.54) is 10.4 Å². The van der Waals surface area contributed by atoms with E-state index < -0.39 is 0 Å². The highest BCUT2D eigenvalue weighted by molar-refractivity contribution is 7.10. The lowest BCUT2D eigenvalue weighted by molar-refractivity contribution is 1.16. The number of hydrogen-bond donors (Lipinski definition) is 2. The molecule has 0 saturated carbocycles. The number of aryl methyl sites for hydroxylation is 1.